The Hall–Kier alpha value is -1.14. The molecule has 2 heterocycles. The highest BCUT2D eigenvalue weighted by Gasteiger charge is 2.28. The summed E-state index contributed by atoms with van der Waals surface area (Å²) < 4.78 is 5.45. The van der Waals surface area contributed by atoms with E-state index in [2.05, 4.69) is 15.0 Å². The number of ether oxygens (including phenoxy) is 1. The zero-order chi connectivity index (χ0) is 14.0. The number of aliphatic hydroxyl groups excluding tert-OH is 1. The number of hydrogen-bond donors (Lipinski definition) is 1. The maximum atomic E-state index is 9.61. The molecule has 1 aromatic rings. The third-order valence-corrected chi connectivity index (χ3v) is 3.28. The van der Waals surface area contributed by atoms with Gasteiger partial charge >= 0.3 is 6.01 Å². The Morgan fingerprint density at radius 2 is 2.05 bits per heavy atom. The second-order valence-corrected chi connectivity index (χ2v) is 5.43. The summed E-state index contributed by atoms with van der Waals surface area (Å²) in [7, 11) is 0. The van der Waals surface area contributed by atoms with Crippen LogP contribution in [0.2, 0.25) is 5.28 Å². The summed E-state index contributed by atoms with van der Waals surface area (Å²) in [5.74, 6) is 0.754. The Kier molecular flexibility index (Phi) is 4.42. The molecule has 6 nitrogen and oxygen atoms in total. The molecule has 1 aromatic heterocycles. The molecule has 1 saturated heterocycles. The van der Waals surface area contributed by atoms with Crippen molar-refractivity contribution in [2.24, 2.45) is 5.92 Å². The third-order valence-electron chi connectivity index (χ3n) is 3.11. The van der Waals surface area contributed by atoms with E-state index in [0.717, 1.165) is 19.5 Å². The molecule has 1 fully saturated rings. The molecule has 1 aliphatic rings. The largest absolute Gasteiger partial charge is 0.461 e. The first-order valence-corrected chi connectivity index (χ1v) is 6.84. The maximum Gasteiger partial charge on any atom is 0.322 e. The summed E-state index contributed by atoms with van der Waals surface area (Å²) in [4.78, 5) is 14.3. The van der Waals surface area contributed by atoms with Crippen molar-refractivity contribution in [3.63, 3.8) is 0 Å². The first kappa shape index (κ1) is 14.3. The monoisotopic (exact) mass is 286 g/mol. The molecule has 2 unspecified atom stereocenters. The van der Waals surface area contributed by atoms with E-state index in [1.54, 1.807) is 0 Å². The van der Waals surface area contributed by atoms with Gasteiger partial charge in [0.25, 0.3) is 0 Å². The third kappa shape index (κ3) is 3.67. The van der Waals surface area contributed by atoms with Gasteiger partial charge in [-0.25, -0.2) is 0 Å². The summed E-state index contributed by atoms with van der Waals surface area (Å²) in [5, 5.41) is 9.74. The lowest BCUT2D eigenvalue weighted by molar-refractivity contribution is 0.136. The van der Waals surface area contributed by atoms with Crippen molar-refractivity contribution in [3.05, 3.63) is 5.28 Å². The Labute approximate surface area is 117 Å². The lowest BCUT2D eigenvalue weighted by atomic mass is 10.0. The van der Waals surface area contributed by atoms with Gasteiger partial charge < -0.3 is 14.7 Å². The van der Waals surface area contributed by atoms with E-state index >= 15 is 0 Å². The van der Waals surface area contributed by atoms with Crippen LogP contribution < -0.4 is 9.64 Å². The molecular formula is C12H19ClN4O2. The zero-order valence-corrected chi connectivity index (χ0v) is 12.1. The fourth-order valence-electron chi connectivity index (χ4n) is 2.09. The molecule has 0 radical (unpaired) electrons. The quantitative estimate of drug-likeness (QED) is 0.905. The van der Waals surface area contributed by atoms with E-state index in [1.807, 2.05) is 25.7 Å². The smallest absolute Gasteiger partial charge is 0.322 e. The molecule has 0 aromatic carbocycles. The number of hydrogen-bond acceptors (Lipinski definition) is 6. The predicted molar refractivity (Wildman–Crippen MR) is 72.6 cm³/mol. The van der Waals surface area contributed by atoms with Crippen molar-refractivity contribution in [1.82, 2.24) is 15.0 Å². The Morgan fingerprint density at radius 3 is 2.63 bits per heavy atom. The molecule has 0 saturated carbocycles. The average Bonchev–Trinajstić information content (AvgIpc) is 2.76. The summed E-state index contributed by atoms with van der Waals surface area (Å²) in [5.41, 5.74) is 0. The molecule has 2 rings (SSSR count). The van der Waals surface area contributed by atoms with Gasteiger partial charge in [-0.1, -0.05) is 0 Å². The van der Waals surface area contributed by atoms with Gasteiger partial charge in [-0.15, -0.1) is 0 Å². The second kappa shape index (κ2) is 5.88. The number of rotatable bonds is 4. The molecule has 0 spiro atoms. The lowest BCUT2D eigenvalue weighted by Crippen LogP contribution is -2.26. The number of aromatic nitrogens is 3. The minimum Gasteiger partial charge on any atom is -0.461 e. The van der Waals surface area contributed by atoms with Crippen LogP contribution in [0.25, 0.3) is 0 Å². The molecule has 106 valence electrons. The van der Waals surface area contributed by atoms with Gasteiger partial charge in [0.1, 0.15) is 0 Å². The van der Waals surface area contributed by atoms with E-state index in [-0.39, 0.29) is 29.4 Å². The first-order valence-electron chi connectivity index (χ1n) is 6.47. The van der Waals surface area contributed by atoms with Crippen molar-refractivity contribution in [2.45, 2.75) is 39.4 Å². The number of halogens is 1. The summed E-state index contributed by atoms with van der Waals surface area (Å²) in [6.07, 6.45) is 0.574. The van der Waals surface area contributed by atoms with Gasteiger partial charge in [0.2, 0.25) is 11.2 Å². The highest BCUT2D eigenvalue weighted by molar-refractivity contribution is 6.28. The van der Waals surface area contributed by atoms with Gasteiger partial charge in [0.15, 0.2) is 0 Å². The molecular weight excluding hydrogens is 268 g/mol. The molecule has 0 amide bonds. The minimum atomic E-state index is -0.325. The van der Waals surface area contributed by atoms with Crippen molar-refractivity contribution < 1.29 is 9.84 Å². The van der Waals surface area contributed by atoms with Crippen molar-refractivity contribution in [3.8, 4) is 6.01 Å². The topological polar surface area (TPSA) is 71.4 Å². The molecule has 0 aliphatic carbocycles. The highest BCUT2D eigenvalue weighted by atomic mass is 35.5. The van der Waals surface area contributed by atoms with Gasteiger partial charge in [0.05, 0.1) is 12.2 Å². The number of aliphatic hydroxyl groups is 1. The fourth-order valence-corrected chi connectivity index (χ4v) is 2.24. The van der Waals surface area contributed by atoms with Gasteiger partial charge in [-0.2, -0.15) is 15.0 Å². The molecule has 19 heavy (non-hydrogen) atoms. The number of nitrogens with zero attached hydrogens (tertiary/aromatic N) is 4. The standard InChI is InChI=1S/C12H19ClN4O2/c1-7(2)19-12-15-10(13)14-11(16-12)17-5-4-9(6-17)8(3)18/h7-9,18H,4-6H2,1-3H3. The van der Waals surface area contributed by atoms with Crippen LogP contribution in [0.1, 0.15) is 27.2 Å². The molecule has 1 aliphatic heterocycles. The van der Waals surface area contributed by atoms with E-state index in [0.29, 0.717) is 5.95 Å². The van der Waals surface area contributed by atoms with Crippen LogP contribution in [-0.4, -0.2) is 45.4 Å². The first-order chi connectivity index (χ1) is 8.95. The van der Waals surface area contributed by atoms with Crippen molar-refractivity contribution >= 4 is 17.5 Å². The maximum absolute atomic E-state index is 9.61. The van der Waals surface area contributed by atoms with Crippen molar-refractivity contribution in [2.75, 3.05) is 18.0 Å². The van der Waals surface area contributed by atoms with Gasteiger partial charge in [-0.05, 0) is 38.8 Å². The second-order valence-electron chi connectivity index (χ2n) is 5.09. The Bertz CT molecular complexity index is 442. The predicted octanol–water partition coefficient (Wildman–Crippen LogP) is 1.52. The van der Waals surface area contributed by atoms with Gasteiger partial charge in [-0.3, -0.25) is 0 Å². The number of anilines is 1. The molecule has 7 heteroatoms. The van der Waals surface area contributed by atoms with E-state index in [4.69, 9.17) is 16.3 Å². The van der Waals surface area contributed by atoms with Gasteiger partial charge in [0, 0.05) is 19.0 Å². The SMILES string of the molecule is CC(C)Oc1nc(Cl)nc(N2CCC(C(C)O)C2)n1. The Balaban J connectivity index is 2.14. The van der Waals surface area contributed by atoms with Crippen LogP contribution in [0.4, 0.5) is 5.95 Å². The fraction of sp³-hybridized carbons (Fsp3) is 0.750. The molecule has 1 N–H and O–H groups in total. The van der Waals surface area contributed by atoms with Crippen LogP contribution >= 0.6 is 11.6 Å². The van der Waals surface area contributed by atoms with E-state index in [9.17, 15) is 5.11 Å². The van der Waals surface area contributed by atoms with Crippen LogP contribution in [0.5, 0.6) is 6.01 Å². The van der Waals surface area contributed by atoms with Crippen LogP contribution in [0.3, 0.4) is 0 Å². The summed E-state index contributed by atoms with van der Waals surface area (Å²) >= 11 is 5.89. The minimum absolute atomic E-state index is 0.0184. The van der Waals surface area contributed by atoms with Crippen LogP contribution in [0, 0.1) is 5.92 Å². The van der Waals surface area contributed by atoms with Crippen LogP contribution in [-0.2, 0) is 0 Å². The average molecular weight is 287 g/mol. The zero-order valence-electron chi connectivity index (χ0n) is 11.4. The normalized spacial score (nSPS) is 20.9. The van der Waals surface area contributed by atoms with Crippen molar-refractivity contribution in [1.29, 1.82) is 0 Å². The van der Waals surface area contributed by atoms with E-state index in [1.165, 1.54) is 0 Å². The highest BCUT2D eigenvalue weighted by Crippen LogP contribution is 2.25. The molecule has 0 bridgehead atoms. The summed E-state index contributed by atoms with van der Waals surface area (Å²) in [6, 6.07) is 0.241. The Morgan fingerprint density at radius 1 is 1.32 bits per heavy atom. The van der Waals surface area contributed by atoms with E-state index < -0.39 is 0 Å². The van der Waals surface area contributed by atoms with Crippen LogP contribution in [0.15, 0.2) is 0 Å². The lowest BCUT2D eigenvalue weighted by Gasteiger charge is -2.18. The summed E-state index contributed by atoms with van der Waals surface area (Å²) in [6.45, 7) is 7.13. The molecule has 2 atom stereocenters.